The number of halogens is 1. The van der Waals surface area contributed by atoms with E-state index in [0.717, 1.165) is 0 Å². The molecular formula is C8H5IN2O4. The second-order valence-electron chi connectivity index (χ2n) is 2.52. The molecule has 7 heteroatoms. The third-order valence-electron chi connectivity index (χ3n) is 1.59. The molecule has 0 fully saturated rings. The summed E-state index contributed by atoms with van der Waals surface area (Å²) in [7, 11) is 0. The lowest BCUT2D eigenvalue weighted by atomic mass is 10.2. The van der Waals surface area contributed by atoms with E-state index in [4.69, 9.17) is 0 Å². The van der Waals surface area contributed by atoms with Gasteiger partial charge in [-0.1, -0.05) is 18.2 Å². The number of hydrogen-bond acceptors (Lipinski definition) is 4. The summed E-state index contributed by atoms with van der Waals surface area (Å²) in [5.74, 6) is 0. The molecule has 0 aliphatic carbocycles. The molecule has 1 rings (SSSR count). The normalized spacial score (nSPS) is 11.8. The molecular weight excluding hydrogens is 315 g/mol. The van der Waals surface area contributed by atoms with Crippen LogP contribution in [0.1, 0.15) is 5.56 Å². The highest BCUT2D eigenvalue weighted by Crippen LogP contribution is 2.23. The van der Waals surface area contributed by atoms with Crippen molar-refractivity contribution in [2.45, 2.75) is 0 Å². The van der Waals surface area contributed by atoms with E-state index in [9.17, 15) is 20.2 Å². The fourth-order valence-electron chi connectivity index (χ4n) is 0.982. The third kappa shape index (κ3) is 2.72. The first-order valence-electron chi connectivity index (χ1n) is 3.78. The van der Waals surface area contributed by atoms with Gasteiger partial charge in [0.1, 0.15) is 0 Å². The molecule has 0 aromatic heterocycles. The molecule has 78 valence electrons. The molecule has 0 saturated carbocycles. The summed E-state index contributed by atoms with van der Waals surface area (Å²) in [6.45, 7) is 0. The molecule has 6 nitrogen and oxygen atoms in total. The highest BCUT2D eigenvalue weighted by atomic mass is 127. The number of nitro groups is 2. The van der Waals surface area contributed by atoms with Crippen LogP contribution in [0.2, 0.25) is 0 Å². The van der Waals surface area contributed by atoms with Crippen LogP contribution in [0.4, 0.5) is 0 Å². The van der Waals surface area contributed by atoms with Crippen LogP contribution in [0.5, 0.6) is 0 Å². The van der Waals surface area contributed by atoms with Crippen molar-refractivity contribution in [1.29, 1.82) is 0 Å². The van der Waals surface area contributed by atoms with Gasteiger partial charge in [-0.15, -0.1) is 0 Å². The maximum absolute atomic E-state index is 10.7. The lowest BCUT2D eigenvalue weighted by Crippen LogP contribution is -2.04. The van der Waals surface area contributed by atoms with Gasteiger partial charge in [-0.3, -0.25) is 20.2 Å². The summed E-state index contributed by atoms with van der Waals surface area (Å²) in [6, 6.07) is 7.77. The van der Waals surface area contributed by atoms with Crippen LogP contribution in [-0.4, -0.2) is 9.85 Å². The number of benzene rings is 1. The van der Waals surface area contributed by atoms with Gasteiger partial charge < -0.3 is 0 Å². The minimum atomic E-state index is -0.772. The van der Waals surface area contributed by atoms with Crippen molar-refractivity contribution < 1.29 is 9.85 Å². The van der Waals surface area contributed by atoms with Crippen LogP contribution in [0, 0.1) is 20.2 Å². The van der Waals surface area contributed by atoms with Gasteiger partial charge in [0.05, 0.1) is 38.0 Å². The van der Waals surface area contributed by atoms with Crippen molar-refractivity contribution in [2.24, 2.45) is 0 Å². The van der Waals surface area contributed by atoms with Crippen molar-refractivity contribution in [3.63, 3.8) is 0 Å². The molecule has 15 heavy (non-hydrogen) atoms. The van der Waals surface area contributed by atoms with Crippen LogP contribution in [0.25, 0.3) is 5.70 Å². The van der Waals surface area contributed by atoms with E-state index < -0.39 is 19.2 Å². The topological polar surface area (TPSA) is 86.3 Å². The summed E-state index contributed by atoms with van der Waals surface area (Å²) < 4.78 is -0.496. The maximum Gasteiger partial charge on any atom is 0.380 e. The predicted molar refractivity (Wildman–Crippen MR) is 61.4 cm³/mol. The van der Waals surface area contributed by atoms with E-state index in [1.165, 1.54) is 34.7 Å². The Morgan fingerprint density at radius 2 is 1.60 bits per heavy atom. The Hall–Kier alpha value is -1.51. The first-order chi connectivity index (χ1) is 7.04. The van der Waals surface area contributed by atoms with Gasteiger partial charge in [0.2, 0.25) is 0 Å². The molecule has 0 radical (unpaired) electrons. The van der Waals surface area contributed by atoms with Gasteiger partial charge >= 0.3 is 9.40 Å². The van der Waals surface area contributed by atoms with E-state index in [0.29, 0.717) is 0 Å². The van der Waals surface area contributed by atoms with Crippen molar-refractivity contribution in [3.8, 4) is 0 Å². The van der Waals surface area contributed by atoms with Crippen molar-refractivity contribution in [3.05, 3.63) is 59.8 Å². The summed E-state index contributed by atoms with van der Waals surface area (Å²) >= 11 is 1.35. The Labute approximate surface area is 98.0 Å². The quantitative estimate of drug-likeness (QED) is 0.370. The van der Waals surface area contributed by atoms with E-state index in [-0.39, 0.29) is 5.56 Å². The monoisotopic (exact) mass is 320 g/mol. The zero-order valence-electron chi connectivity index (χ0n) is 7.29. The molecule has 0 aliphatic rings. The molecule has 0 aliphatic heterocycles. The first-order valence-corrected chi connectivity index (χ1v) is 4.86. The number of hydrogen-bond donors (Lipinski definition) is 0. The number of nitrogens with zero attached hydrogens (tertiary/aromatic N) is 2. The molecule has 0 amide bonds. The lowest BCUT2D eigenvalue weighted by molar-refractivity contribution is -0.429. The fourth-order valence-corrected chi connectivity index (χ4v) is 1.49. The Morgan fingerprint density at radius 3 is 2.00 bits per heavy atom. The molecule has 1 aromatic rings. The number of rotatable bonds is 3. The van der Waals surface area contributed by atoms with E-state index in [2.05, 4.69) is 0 Å². The predicted octanol–water partition coefficient (Wildman–Crippen LogP) is 2.30. The average molecular weight is 320 g/mol. The first kappa shape index (κ1) is 11.6. The highest BCUT2D eigenvalue weighted by molar-refractivity contribution is 14.1. The van der Waals surface area contributed by atoms with Crippen LogP contribution >= 0.6 is 22.6 Å². The minimum absolute atomic E-state index is 0.226. The molecule has 0 bridgehead atoms. The summed E-state index contributed by atoms with van der Waals surface area (Å²) in [5.41, 5.74) is -0.259. The Kier molecular flexibility index (Phi) is 3.72. The van der Waals surface area contributed by atoms with E-state index in [1.807, 2.05) is 0 Å². The van der Waals surface area contributed by atoms with E-state index in [1.54, 1.807) is 18.2 Å². The molecule has 0 saturated heterocycles. The SMILES string of the molecule is O=[N+]([O-])C(I)=C(c1ccccc1)[N+](=O)[O-]. The second kappa shape index (κ2) is 4.82. The van der Waals surface area contributed by atoms with Crippen LogP contribution < -0.4 is 0 Å². The van der Waals surface area contributed by atoms with Gasteiger partial charge in [-0.2, -0.15) is 0 Å². The van der Waals surface area contributed by atoms with Gasteiger partial charge in [0.25, 0.3) is 0 Å². The standard InChI is InChI=1S/C8H5IN2O4/c9-8(11(14)15)7(10(12)13)6-4-2-1-3-5-6/h1-5H. The van der Waals surface area contributed by atoms with Gasteiger partial charge in [0.15, 0.2) is 0 Å². The zero-order chi connectivity index (χ0) is 11.4. The average Bonchev–Trinajstić information content (AvgIpc) is 2.18. The van der Waals surface area contributed by atoms with Crippen LogP contribution in [0.3, 0.4) is 0 Å². The maximum atomic E-state index is 10.7. The van der Waals surface area contributed by atoms with Gasteiger partial charge in [-0.25, -0.2) is 0 Å². The van der Waals surface area contributed by atoms with Gasteiger partial charge in [0, 0.05) is 0 Å². The van der Waals surface area contributed by atoms with Gasteiger partial charge in [-0.05, 0) is 12.1 Å². The van der Waals surface area contributed by atoms with Crippen LogP contribution in [-0.2, 0) is 0 Å². The largest absolute Gasteiger partial charge is 0.380 e. The molecule has 0 unspecified atom stereocenters. The fraction of sp³-hybridized carbons (Fsp3) is 0. The second-order valence-corrected chi connectivity index (χ2v) is 3.54. The molecule has 0 heterocycles. The van der Waals surface area contributed by atoms with Crippen molar-refractivity contribution in [1.82, 2.24) is 0 Å². The van der Waals surface area contributed by atoms with Crippen molar-refractivity contribution in [2.75, 3.05) is 0 Å². The smallest absolute Gasteiger partial charge is 0.258 e. The lowest BCUT2D eigenvalue weighted by Gasteiger charge is -1.96. The summed E-state index contributed by atoms with van der Waals surface area (Å²) in [5, 5.41) is 21.1. The molecule has 1 aromatic carbocycles. The summed E-state index contributed by atoms with van der Waals surface area (Å²) in [6.07, 6.45) is 0. The van der Waals surface area contributed by atoms with E-state index >= 15 is 0 Å². The molecule has 0 N–H and O–H groups in total. The molecule has 0 atom stereocenters. The third-order valence-corrected chi connectivity index (χ3v) is 2.49. The van der Waals surface area contributed by atoms with Crippen LogP contribution in [0.15, 0.2) is 34.0 Å². The molecule has 0 spiro atoms. The Bertz CT molecular complexity index is 430. The van der Waals surface area contributed by atoms with Crippen molar-refractivity contribution >= 4 is 28.3 Å². The minimum Gasteiger partial charge on any atom is -0.258 e. The zero-order valence-corrected chi connectivity index (χ0v) is 9.45. The summed E-state index contributed by atoms with van der Waals surface area (Å²) in [4.78, 5) is 19.6. The highest BCUT2D eigenvalue weighted by Gasteiger charge is 2.27. The Balaban J connectivity index is 3.34. The Morgan fingerprint density at radius 1 is 1.07 bits per heavy atom.